The lowest BCUT2D eigenvalue weighted by molar-refractivity contribution is -0.125. The predicted molar refractivity (Wildman–Crippen MR) is 91.1 cm³/mol. The van der Waals surface area contributed by atoms with Gasteiger partial charge < -0.3 is 9.80 Å². The van der Waals surface area contributed by atoms with E-state index in [2.05, 4.69) is 21.4 Å². The number of hydrogen-bond donors (Lipinski definition) is 0. The molecule has 1 atom stereocenters. The molecule has 23 heavy (non-hydrogen) atoms. The lowest BCUT2D eigenvalue weighted by atomic mass is 10.1. The van der Waals surface area contributed by atoms with Crippen molar-refractivity contribution in [3.8, 4) is 11.3 Å². The first-order valence-corrected chi connectivity index (χ1v) is 7.70. The van der Waals surface area contributed by atoms with Crippen LogP contribution in [-0.2, 0) is 4.79 Å². The maximum absolute atomic E-state index is 11.7. The van der Waals surface area contributed by atoms with E-state index in [0.29, 0.717) is 6.54 Å². The molecule has 0 saturated carbocycles. The number of rotatable bonds is 4. The number of hydrogen-bond acceptors (Lipinski definition) is 4. The van der Waals surface area contributed by atoms with Gasteiger partial charge in [-0.15, -0.1) is 0 Å². The van der Waals surface area contributed by atoms with Gasteiger partial charge in [0.2, 0.25) is 5.91 Å². The molecular formula is C18H20N4O. The Labute approximate surface area is 136 Å². The van der Waals surface area contributed by atoms with Crippen LogP contribution in [0.2, 0.25) is 0 Å². The van der Waals surface area contributed by atoms with E-state index >= 15 is 0 Å². The molecule has 1 fully saturated rings. The van der Waals surface area contributed by atoms with Crippen molar-refractivity contribution < 1.29 is 4.79 Å². The summed E-state index contributed by atoms with van der Waals surface area (Å²) in [6.45, 7) is 5.01. The normalized spacial score (nSPS) is 17.1. The second kappa shape index (κ2) is 6.60. The number of nitrogens with zero attached hydrogens (tertiary/aromatic N) is 4. The first kappa shape index (κ1) is 15.2. The summed E-state index contributed by atoms with van der Waals surface area (Å²) in [5.74, 6) is 0.866. The summed E-state index contributed by atoms with van der Waals surface area (Å²) in [5, 5.41) is 0. The van der Waals surface area contributed by atoms with Gasteiger partial charge in [0.15, 0.2) is 0 Å². The van der Waals surface area contributed by atoms with Crippen LogP contribution in [-0.4, -0.2) is 47.0 Å². The zero-order valence-corrected chi connectivity index (χ0v) is 13.2. The lowest BCUT2D eigenvalue weighted by Crippen LogP contribution is -2.36. The van der Waals surface area contributed by atoms with Gasteiger partial charge in [-0.3, -0.25) is 4.79 Å². The van der Waals surface area contributed by atoms with E-state index in [1.54, 1.807) is 6.33 Å². The standard InChI is InChI=1S/C18H20N4O/c1-3-18(23)22-10-9-15(12-22)21(2)17-11-16(19-13-20-17)14-7-5-4-6-8-14/h3-8,11,13,15H,1,9-10,12H2,2H3/t15-/m0/s1. The molecule has 0 aliphatic carbocycles. The number of anilines is 1. The SMILES string of the molecule is C=CC(=O)N1CC[C@H](N(C)c2cc(-c3ccccc3)ncn2)C1. The Morgan fingerprint density at radius 3 is 2.87 bits per heavy atom. The molecule has 0 radical (unpaired) electrons. The summed E-state index contributed by atoms with van der Waals surface area (Å²) < 4.78 is 0. The summed E-state index contributed by atoms with van der Waals surface area (Å²) in [6.07, 6.45) is 3.90. The van der Waals surface area contributed by atoms with Crippen LogP contribution in [0.4, 0.5) is 5.82 Å². The number of amides is 1. The molecule has 1 aliphatic rings. The van der Waals surface area contributed by atoms with Gasteiger partial charge in [0.1, 0.15) is 12.1 Å². The Balaban J connectivity index is 1.77. The summed E-state index contributed by atoms with van der Waals surface area (Å²) >= 11 is 0. The molecule has 118 valence electrons. The van der Waals surface area contributed by atoms with Gasteiger partial charge in [0, 0.05) is 37.8 Å². The third kappa shape index (κ3) is 3.23. The summed E-state index contributed by atoms with van der Waals surface area (Å²) in [5.41, 5.74) is 1.97. The minimum atomic E-state index is -0.00596. The molecule has 5 heteroatoms. The minimum Gasteiger partial charge on any atom is -0.355 e. The highest BCUT2D eigenvalue weighted by molar-refractivity contribution is 5.87. The van der Waals surface area contributed by atoms with E-state index in [4.69, 9.17) is 0 Å². The van der Waals surface area contributed by atoms with Crippen LogP contribution in [0, 0.1) is 0 Å². The van der Waals surface area contributed by atoms with Crippen LogP contribution < -0.4 is 4.90 Å². The van der Waals surface area contributed by atoms with E-state index in [0.717, 1.165) is 30.0 Å². The third-order valence-corrected chi connectivity index (χ3v) is 4.28. The van der Waals surface area contributed by atoms with E-state index in [1.807, 2.05) is 48.3 Å². The minimum absolute atomic E-state index is 0.00596. The first-order chi connectivity index (χ1) is 11.2. The van der Waals surface area contributed by atoms with Crippen LogP contribution >= 0.6 is 0 Å². The zero-order valence-electron chi connectivity index (χ0n) is 13.2. The molecule has 1 aromatic carbocycles. The van der Waals surface area contributed by atoms with Crippen molar-refractivity contribution in [1.82, 2.24) is 14.9 Å². The van der Waals surface area contributed by atoms with E-state index in [9.17, 15) is 4.79 Å². The van der Waals surface area contributed by atoms with Gasteiger partial charge in [-0.05, 0) is 12.5 Å². The molecule has 0 bridgehead atoms. The highest BCUT2D eigenvalue weighted by Crippen LogP contribution is 2.23. The van der Waals surface area contributed by atoms with Crippen LogP contribution in [0.5, 0.6) is 0 Å². The van der Waals surface area contributed by atoms with Crippen molar-refractivity contribution in [2.75, 3.05) is 25.0 Å². The van der Waals surface area contributed by atoms with E-state index < -0.39 is 0 Å². The predicted octanol–water partition coefficient (Wildman–Crippen LogP) is 2.37. The number of carbonyl (C=O) groups is 1. The molecule has 0 N–H and O–H groups in total. The summed E-state index contributed by atoms with van der Waals surface area (Å²) in [7, 11) is 2.02. The van der Waals surface area contributed by atoms with E-state index in [-0.39, 0.29) is 11.9 Å². The second-order valence-electron chi connectivity index (χ2n) is 5.67. The first-order valence-electron chi connectivity index (χ1n) is 7.70. The molecule has 0 unspecified atom stereocenters. The number of benzene rings is 1. The fourth-order valence-electron chi connectivity index (χ4n) is 2.88. The van der Waals surface area contributed by atoms with Crippen molar-refractivity contribution >= 4 is 11.7 Å². The van der Waals surface area contributed by atoms with Crippen LogP contribution in [0.1, 0.15) is 6.42 Å². The number of likely N-dealkylation sites (N-methyl/N-ethyl adjacent to an activating group) is 1. The van der Waals surface area contributed by atoms with Crippen LogP contribution in [0.25, 0.3) is 11.3 Å². The fraction of sp³-hybridized carbons (Fsp3) is 0.278. The quantitative estimate of drug-likeness (QED) is 0.814. The molecule has 1 saturated heterocycles. The zero-order chi connectivity index (χ0) is 16.2. The van der Waals surface area contributed by atoms with Gasteiger partial charge in [-0.1, -0.05) is 36.9 Å². The molecule has 1 aliphatic heterocycles. The van der Waals surface area contributed by atoms with Gasteiger partial charge >= 0.3 is 0 Å². The third-order valence-electron chi connectivity index (χ3n) is 4.28. The van der Waals surface area contributed by atoms with Crippen molar-refractivity contribution in [3.63, 3.8) is 0 Å². The lowest BCUT2D eigenvalue weighted by Gasteiger charge is -2.25. The van der Waals surface area contributed by atoms with Gasteiger partial charge in [-0.2, -0.15) is 0 Å². The average molecular weight is 308 g/mol. The van der Waals surface area contributed by atoms with Gasteiger partial charge in [-0.25, -0.2) is 9.97 Å². The maximum Gasteiger partial charge on any atom is 0.246 e. The van der Waals surface area contributed by atoms with Gasteiger partial charge in [0.05, 0.1) is 5.69 Å². The molecule has 3 rings (SSSR count). The van der Waals surface area contributed by atoms with Gasteiger partial charge in [0.25, 0.3) is 0 Å². The Kier molecular flexibility index (Phi) is 4.37. The number of aromatic nitrogens is 2. The van der Waals surface area contributed by atoms with E-state index in [1.165, 1.54) is 6.08 Å². The molecule has 1 aromatic heterocycles. The Morgan fingerprint density at radius 2 is 2.13 bits per heavy atom. The smallest absolute Gasteiger partial charge is 0.246 e. The Bertz CT molecular complexity index is 701. The molecule has 5 nitrogen and oxygen atoms in total. The van der Waals surface area contributed by atoms with Crippen molar-refractivity contribution in [1.29, 1.82) is 0 Å². The average Bonchev–Trinajstić information content (AvgIpc) is 3.11. The maximum atomic E-state index is 11.7. The second-order valence-corrected chi connectivity index (χ2v) is 5.67. The van der Waals surface area contributed by atoms with Crippen molar-refractivity contribution in [2.45, 2.75) is 12.5 Å². The summed E-state index contributed by atoms with van der Waals surface area (Å²) in [4.78, 5) is 24.4. The largest absolute Gasteiger partial charge is 0.355 e. The van der Waals surface area contributed by atoms with Crippen molar-refractivity contribution in [3.05, 3.63) is 55.4 Å². The fourth-order valence-corrected chi connectivity index (χ4v) is 2.88. The topological polar surface area (TPSA) is 49.3 Å². The Hall–Kier alpha value is -2.69. The van der Waals surface area contributed by atoms with Crippen molar-refractivity contribution in [2.24, 2.45) is 0 Å². The highest BCUT2D eigenvalue weighted by atomic mass is 16.2. The number of likely N-dealkylation sites (tertiary alicyclic amines) is 1. The molecule has 1 amide bonds. The monoisotopic (exact) mass is 308 g/mol. The number of carbonyl (C=O) groups excluding carboxylic acids is 1. The molecule has 2 aromatic rings. The van der Waals surface area contributed by atoms with Crippen LogP contribution in [0.3, 0.4) is 0 Å². The highest BCUT2D eigenvalue weighted by Gasteiger charge is 2.28. The molecule has 0 spiro atoms. The molecular weight excluding hydrogens is 288 g/mol. The van der Waals surface area contributed by atoms with Crippen LogP contribution in [0.15, 0.2) is 55.4 Å². The Morgan fingerprint density at radius 1 is 1.35 bits per heavy atom. The summed E-state index contributed by atoms with van der Waals surface area (Å²) in [6, 6.07) is 12.3. The molecule has 2 heterocycles.